The van der Waals surface area contributed by atoms with Crippen molar-refractivity contribution in [1.29, 1.82) is 5.26 Å². The molecule has 5 nitrogen and oxygen atoms in total. The molecule has 1 amide bonds. The average Bonchev–Trinajstić information content (AvgIpc) is 2.74. The number of carbonyl (C=O) groups is 1. The Morgan fingerprint density at radius 2 is 1.88 bits per heavy atom. The Morgan fingerprint density at radius 3 is 2.54 bits per heavy atom. The summed E-state index contributed by atoms with van der Waals surface area (Å²) in [5.74, 6) is -0.204. The van der Waals surface area contributed by atoms with E-state index in [4.69, 9.17) is 0 Å². The summed E-state index contributed by atoms with van der Waals surface area (Å²) < 4.78 is 23.0. The number of nitrogens with zero attached hydrogens (tertiary/aromatic N) is 1. The van der Waals surface area contributed by atoms with Crippen LogP contribution in [0.2, 0.25) is 0 Å². The Hall–Kier alpha value is -2.17. The maximum absolute atomic E-state index is 12.4. The van der Waals surface area contributed by atoms with Gasteiger partial charge >= 0.3 is 0 Å². The molecule has 1 aliphatic rings. The molecule has 0 aliphatic heterocycles. The fraction of sp³-hybridized carbons (Fsp3) is 0.368. The molecule has 1 aliphatic carbocycles. The van der Waals surface area contributed by atoms with Gasteiger partial charge < -0.3 is 5.32 Å². The molecule has 3 rings (SSSR count). The van der Waals surface area contributed by atoms with E-state index in [9.17, 15) is 18.5 Å². The maximum atomic E-state index is 12.4. The Balaban J connectivity index is 1.73. The van der Waals surface area contributed by atoms with E-state index < -0.39 is 9.84 Å². The smallest absolute Gasteiger partial charge is 0.229 e. The second-order valence-electron chi connectivity index (χ2n) is 6.52. The van der Waals surface area contributed by atoms with Crippen LogP contribution in [0.25, 0.3) is 0 Å². The van der Waals surface area contributed by atoms with Gasteiger partial charge in [0, 0.05) is 11.1 Å². The van der Waals surface area contributed by atoms with Gasteiger partial charge in [-0.2, -0.15) is 5.26 Å². The molecule has 26 heavy (non-hydrogen) atoms. The summed E-state index contributed by atoms with van der Waals surface area (Å²) in [6.07, 6.45) is 6.54. The van der Waals surface area contributed by atoms with Crippen LogP contribution in [0, 0.1) is 11.3 Å². The number of benzene rings is 1. The second-order valence-corrected chi connectivity index (χ2v) is 9.64. The van der Waals surface area contributed by atoms with Crippen molar-refractivity contribution >= 4 is 32.1 Å². The van der Waals surface area contributed by atoms with Gasteiger partial charge in [-0.05, 0) is 48.9 Å². The number of carbonyl (C=O) groups excluding carboxylic acids is 1. The average molecular weight is 389 g/mol. The van der Waals surface area contributed by atoms with Crippen LogP contribution < -0.4 is 5.32 Å². The number of rotatable bonds is 4. The van der Waals surface area contributed by atoms with Crippen LogP contribution in [0.4, 0.5) is 5.00 Å². The third-order valence-corrected chi connectivity index (χ3v) is 6.84. The lowest BCUT2D eigenvalue weighted by atomic mass is 10.1. The second kappa shape index (κ2) is 7.60. The highest BCUT2D eigenvalue weighted by atomic mass is 32.2. The molecular formula is C19H20N2O3S2. The zero-order valence-corrected chi connectivity index (χ0v) is 16.2. The first-order chi connectivity index (χ1) is 12.4. The first-order valence-corrected chi connectivity index (χ1v) is 11.2. The molecular weight excluding hydrogens is 368 g/mol. The summed E-state index contributed by atoms with van der Waals surface area (Å²) in [5, 5.41) is 13.0. The highest BCUT2D eigenvalue weighted by molar-refractivity contribution is 7.90. The fourth-order valence-corrected chi connectivity index (χ4v) is 5.05. The predicted octanol–water partition coefficient (Wildman–Crippen LogP) is 3.47. The molecule has 0 atom stereocenters. The van der Waals surface area contributed by atoms with Crippen LogP contribution in [-0.2, 0) is 33.9 Å². The molecule has 1 N–H and O–H groups in total. The van der Waals surface area contributed by atoms with Gasteiger partial charge in [0.15, 0.2) is 9.84 Å². The number of hydrogen-bond donors (Lipinski definition) is 1. The SMILES string of the molecule is CS(=O)(=O)c1ccc(CC(=O)Nc2sc3c(c2C#N)CCCCC3)cc1. The zero-order chi connectivity index (χ0) is 18.7. The molecule has 2 aromatic rings. The molecule has 1 heterocycles. The fourth-order valence-electron chi connectivity index (χ4n) is 3.16. The van der Waals surface area contributed by atoms with E-state index in [1.807, 2.05) is 0 Å². The quantitative estimate of drug-likeness (QED) is 0.813. The summed E-state index contributed by atoms with van der Waals surface area (Å²) in [6, 6.07) is 8.55. The molecule has 7 heteroatoms. The highest BCUT2D eigenvalue weighted by Crippen LogP contribution is 2.37. The first-order valence-electron chi connectivity index (χ1n) is 8.52. The molecule has 136 valence electrons. The minimum Gasteiger partial charge on any atom is -0.316 e. The Kier molecular flexibility index (Phi) is 5.44. The predicted molar refractivity (Wildman–Crippen MR) is 102 cm³/mol. The van der Waals surface area contributed by atoms with Crippen molar-refractivity contribution in [1.82, 2.24) is 0 Å². The van der Waals surface area contributed by atoms with Crippen LogP contribution in [0.15, 0.2) is 29.2 Å². The van der Waals surface area contributed by atoms with Crippen molar-refractivity contribution in [2.75, 3.05) is 11.6 Å². The molecule has 0 saturated heterocycles. The number of sulfone groups is 1. The number of thiophene rings is 1. The lowest BCUT2D eigenvalue weighted by Gasteiger charge is -2.05. The number of nitriles is 1. The van der Waals surface area contributed by atoms with E-state index in [0.717, 1.165) is 43.1 Å². The van der Waals surface area contributed by atoms with Crippen LogP contribution in [0.1, 0.15) is 40.8 Å². The third kappa shape index (κ3) is 4.14. The van der Waals surface area contributed by atoms with Crippen molar-refractivity contribution in [3.05, 3.63) is 45.8 Å². The maximum Gasteiger partial charge on any atom is 0.229 e. The highest BCUT2D eigenvalue weighted by Gasteiger charge is 2.21. The van der Waals surface area contributed by atoms with E-state index in [1.165, 1.54) is 34.8 Å². The van der Waals surface area contributed by atoms with Gasteiger partial charge in [0.05, 0.1) is 16.9 Å². The first kappa shape index (κ1) is 18.6. The van der Waals surface area contributed by atoms with Gasteiger partial charge in [0.25, 0.3) is 0 Å². The van der Waals surface area contributed by atoms with Crippen molar-refractivity contribution < 1.29 is 13.2 Å². The van der Waals surface area contributed by atoms with E-state index in [0.29, 0.717) is 10.6 Å². The van der Waals surface area contributed by atoms with Crippen molar-refractivity contribution in [3.63, 3.8) is 0 Å². The van der Waals surface area contributed by atoms with Gasteiger partial charge in [0.1, 0.15) is 11.1 Å². The molecule has 0 spiro atoms. The number of amides is 1. The van der Waals surface area contributed by atoms with Crippen LogP contribution >= 0.6 is 11.3 Å². The molecule has 0 radical (unpaired) electrons. The number of aryl methyl sites for hydroxylation is 1. The molecule has 1 aromatic heterocycles. The summed E-state index contributed by atoms with van der Waals surface area (Å²) in [4.78, 5) is 13.8. The Labute approximate surface area is 157 Å². The lowest BCUT2D eigenvalue weighted by Crippen LogP contribution is -2.14. The van der Waals surface area contributed by atoms with E-state index in [2.05, 4.69) is 11.4 Å². The number of fused-ring (bicyclic) bond motifs is 1. The monoisotopic (exact) mass is 388 g/mol. The number of hydrogen-bond acceptors (Lipinski definition) is 5. The molecule has 0 saturated carbocycles. The van der Waals surface area contributed by atoms with Crippen molar-refractivity contribution in [2.45, 2.75) is 43.4 Å². The van der Waals surface area contributed by atoms with Crippen LogP contribution in [0.3, 0.4) is 0 Å². The van der Waals surface area contributed by atoms with E-state index in [1.54, 1.807) is 12.1 Å². The van der Waals surface area contributed by atoms with Gasteiger partial charge in [0.2, 0.25) is 5.91 Å². The summed E-state index contributed by atoms with van der Waals surface area (Å²) >= 11 is 1.51. The Morgan fingerprint density at radius 1 is 1.19 bits per heavy atom. The summed E-state index contributed by atoms with van der Waals surface area (Å²) in [7, 11) is -3.25. The standard InChI is InChI=1S/C19H20N2O3S2/c1-26(23,24)14-9-7-13(8-10-14)11-18(22)21-19-16(12-20)15-5-3-2-4-6-17(15)25-19/h7-10H,2-6,11H2,1H3,(H,21,22). The summed E-state index contributed by atoms with van der Waals surface area (Å²) in [6.45, 7) is 0. The van der Waals surface area contributed by atoms with Crippen molar-refractivity contribution in [2.24, 2.45) is 0 Å². The lowest BCUT2D eigenvalue weighted by molar-refractivity contribution is -0.115. The normalized spacial score (nSPS) is 14.2. The Bertz CT molecular complexity index is 967. The van der Waals surface area contributed by atoms with Gasteiger partial charge in [-0.25, -0.2) is 8.42 Å². The molecule has 1 aromatic carbocycles. The number of nitrogens with one attached hydrogen (secondary N) is 1. The van der Waals surface area contributed by atoms with Gasteiger partial charge in [-0.1, -0.05) is 18.6 Å². The molecule has 0 unspecified atom stereocenters. The van der Waals surface area contributed by atoms with Crippen molar-refractivity contribution in [3.8, 4) is 6.07 Å². The zero-order valence-electron chi connectivity index (χ0n) is 14.5. The van der Waals surface area contributed by atoms with Crippen LogP contribution in [0.5, 0.6) is 0 Å². The number of anilines is 1. The topological polar surface area (TPSA) is 87.0 Å². The van der Waals surface area contributed by atoms with E-state index >= 15 is 0 Å². The largest absolute Gasteiger partial charge is 0.316 e. The molecule has 0 fully saturated rings. The summed E-state index contributed by atoms with van der Waals surface area (Å²) in [5.41, 5.74) is 2.43. The minimum atomic E-state index is -3.25. The van der Waals surface area contributed by atoms with Gasteiger partial charge in [-0.15, -0.1) is 11.3 Å². The minimum absolute atomic E-state index is 0.136. The molecule has 0 bridgehead atoms. The van der Waals surface area contributed by atoms with Crippen LogP contribution in [-0.4, -0.2) is 20.6 Å². The third-order valence-electron chi connectivity index (χ3n) is 4.50. The van der Waals surface area contributed by atoms with E-state index in [-0.39, 0.29) is 17.2 Å². The van der Waals surface area contributed by atoms with Gasteiger partial charge in [-0.3, -0.25) is 4.79 Å².